The molecule has 0 saturated carbocycles. The molecule has 2 N–H and O–H groups in total. The van der Waals surface area contributed by atoms with E-state index >= 15 is 0 Å². The van der Waals surface area contributed by atoms with E-state index in [-0.39, 0.29) is 0 Å². The maximum atomic E-state index is 6.10. The maximum absolute atomic E-state index is 6.10. The van der Waals surface area contributed by atoms with E-state index < -0.39 is 0 Å². The van der Waals surface area contributed by atoms with Crippen molar-refractivity contribution in [2.75, 3.05) is 13.0 Å². The van der Waals surface area contributed by atoms with E-state index in [2.05, 4.69) is 10.2 Å². The number of furan rings is 1. The van der Waals surface area contributed by atoms with Crippen molar-refractivity contribution in [3.8, 4) is 17.1 Å². The first-order chi connectivity index (χ1) is 11.1. The Morgan fingerprint density at radius 1 is 1.35 bits per heavy atom. The van der Waals surface area contributed by atoms with Gasteiger partial charge in [-0.25, -0.2) is 4.68 Å². The molecule has 2 heterocycles. The summed E-state index contributed by atoms with van der Waals surface area (Å²) >= 11 is 7.50. The Bertz CT molecular complexity index is 831. The molecule has 0 aliphatic carbocycles. The predicted octanol–water partition coefficient (Wildman–Crippen LogP) is 3.51. The predicted molar refractivity (Wildman–Crippen MR) is 90.2 cm³/mol. The van der Waals surface area contributed by atoms with Crippen LogP contribution < -0.4 is 10.6 Å². The minimum Gasteiger partial charge on any atom is -0.496 e. The third-order valence-corrected chi connectivity index (χ3v) is 4.59. The van der Waals surface area contributed by atoms with Crippen LogP contribution in [0.2, 0.25) is 5.02 Å². The molecular weight excluding hydrogens is 336 g/mol. The zero-order chi connectivity index (χ0) is 16.4. The minimum absolute atomic E-state index is 0.566. The van der Waals surface area contributed by atoms with Crippen LogP contribution >= 0.6 is 23.4 Å². The van der Waals surface area contributed by atoms with Crippen LogP contribution in [-0.2, 0) is 5.75 Å². The number of halogens is 1. The fraction of sp³-hybridized carbons (Fsp3) is 0.200. The van der Waals surface area contributed by atoms with Crippen LogP contribution in [0.1, 0.15) is 11.3 Å². The molecule has 6 nitrogen and oxygen atoms in total. The molecule has 0 bridgehead atoms. The molecule has 120 valence electrons. The van der Waals surface area contributed by atoms with Crippen molar-refractivity contribution in [2.45, 2.75) is 17.8 Å². The first-order valence-electron chi connectivity index (χ1n) is 6.80. The molecule has 3 rings (SSSR count). The Balaban J connectivity index is 1.81. The van der Waals surface area contributed by atoms with Crippen molar-refractivity contribution in [3.05, 3.63) is 46.9 Å². The van der Waals surface area contributed by atoms with E-state index in [0.717, 1.165) is 22.6 Å². The highest BCUT2D eigenvalue weighted by molar-refractivity contribution is 7.98. The van der Waals surface area contributed by atoms with Gasteiger partial charge in [0.2, 0.25) is 5.16 Å². The SMILES string of the molecule is COc1ccc(Cl)cc1CSc1nnc(-c2ccoc2C)n1N. The number of methoxy groups -OCH3 is 1. The number of benzene rings is 1. The number of thioether (sulfide) groups is 1. The van der Waals surface area contributed by atoms with E-state index in [1.54, 1.807) is 19.4 Å². The first kappa shape index (κ1) is 15.8. The number of ether oxygens (including phenoxy) is 1. The van der Waals surface area contributed by atoms with Crippen molar-refractivity contribution in [1.29, 1.82) is 0 Å². The average Bonchev–Trinajstić information content (AvgIpc) is 3.11. The summed E-state index contributed by atoms with van der Waals surface area (Å²) in [5.74, 6) is 8.80. The van der Waals surface area contributed by atoms with Gasteiger partial charge in [0.25, 0.3) is 0 Å². The van der Waals surface area contributed by atoms with Gasteiger partial charge >= 0.3 is 0 Å². The Kier molecular flexibility index (Phi) is 4.49. The second kappa shape index (κ2) is 6.55. The average molecular weight is 351 g/mol. The Morgan fingerprint density at radius 3 is 2.87 bits per heavy atom. The van der Waals surface area contributed by atoms with Gasteiger partial charge in [-0.05, 0) is 31.2 Å². The molecule has 0 aliphatic rings. The van der Waals surface area contributed by atoms with Gasteiger partial charge in [0.05, 0.1) is 18.9 Å². The van der Waals surface area contributed by atoms with Gasteiger partial charge in [0.1, 0.15) is 11.5 Å². The zero-order valence-corrected chi connectivity index (χ0v) is 14.2. The van der Waals surface area contributed by atoms with E-state index in [4.69, 9.17) is 26.6 Å². The van der Waals surface area contributed by atoms with Crippen LogP contribution in [0.4, 0.5) is 0 Å². The number of hydrogen-bond donors (Lipinski definition) is 1. The van der Waals surface area contributed by atoms with Gasteiger partial charge < -0.3 is 15.0 Å². The molecule has 0 saturated heterocycles. The van der Waals surface area contributed by atoms with Crippen LogP contribution in [0, 0.1) is 6.92 Å². The fourth-order valence-electron chi connectivity index (χ4n) is 2.18. The summed E-state index contributed by atoms with van der Waals surface area (Å²) in [4.78, 5) is 0. The zero-order valence-electron chi connectivity index (χ0n) is 12.6. The summed E-state index contributed by atoms with van der Waals surface area (Å²) < 4.78 is 12.1. The standard InChI is InChI=1S/C15H15ClN4O2S/c1-9-12(5-6-22-9)14-18-19-15(20(14)17)23-8-10-7-11(16)3-4-13(10)21-2/h3-7H,8,17H2,1-2H3. The van der Waals surface area contributed by atoms with Gasteiger partial charge in [0.15, 0.2) is 5.82 Å². The van der Waals surface area contributed by atoms with Gasteiger partial charge in [0, 0.05) is 16.3 Å². The third-order valence-electron chi connectivity index (χ3n) is 3.36. The summed E-state index contributed by atoms with van der Waals surface area (Å²) in [5, 5.41) is 9.54. The highest BCUT2D eigenvalue weighted by atomic mass is 35.5. The van der Waals surface area contributed by atoms with Crippen molar-refractivity contribution in [3.63, 3.8) is 0 Å². The van der Waals surface area contributed by atoms with Crippen LogP contribution in [0.5, 0.6) is 5.75 Å². The topological polar surface area (TPSA) is 79.1 Å². The summed E-state index contributed by atoms with van der Waals surface area (Å²) in [7, 11) is 1.63. The van der Waals surface area contributed by atoms with E-state index in [0.29, 0.717) is 21.8 Å². The molecule has 0 atom stereocenters. The second-order valence-electron chi connectivity index (χ2n) is 4.81. The Morgan fingerprint density at radius 2 is 2.17 bits per heavy atom. The molecule has 0 spiro atoms. The van der Waals surface area contributed by atoms with Gasteiger partial charge in [-0.15, -0.1) is 10.2 Å². The van der Waals surface area contributed by atoms with Crippen molar-refractivity contribution in [2.24, 2.45) is 0 Å². The summed E-state index contributed by atoms with van der Waals surface area (Å²) in [6.45, 7) is 1.85. The molecule has 1 aromatic carbocycles. The van der Waals surface area contributed by atoms with Gasteiger partial charge in [-0.3, -0.25) is 0 Å². The Labute approximate surface area is 142 Å². The van der Waals surface area contributed by atoms with Crippen LogP contribution in [0.15, 0.2) is 40.1 Å². The summed E-state index contributed by atoms with van der Waals surface area (Å²) in [6, 6.07) is 7.31. The van der Waals surface area contributed by atoms with Crippen molar-refractivity contribution in [1.82, 2.24) is 14.9 Å². The van der Waals surface area contributed by atoms with Crippen molar-refractivity contribution >= 4 is 23.4 Å². The quantitative estimate of drug-likeness (QED) is 0.560. The number of aryl methyl sites for hydroxylation is 1. The number of nitrogens with zero attached hydrogens (tertiary/aromatic N) is 3. The summed E-state index contributed by atoms with van der Waals surface area (Å²) in [6.07, 6.45) is 1.60. The second-order valence-corrected chi connectivity index (χ2v) is 6.19. The van der Waals surface area contributed by atoms with Gasteiger partial charge in [-0.1, -0.05) is 23.4 Å². The minimum atomic E-state index is 0.566. The largest absolute Gasteiger partial charge is 0.496 e. The lowest BCUT2D eigenvalue weighted by Crippen LogP contribution is -2.11. The third kappa shape index (κ3) is 3.16. The maximum Gasteiger partial charge on any atom is 0.210 e. The van der Waals surface area contributed by atoms with E-state index in [1.807, 2.05) is 25.1 Å². The lowest BCUT2D eigenvalue weighted by Gasteiger charge is -2.08. The smallest absolute Gasteiger partial charge is 0.210 e. The number of nitrogen functional groups attached to an aromatic ring is 1. The van der Waals surface area contributed by atoms with Crippen molar-refractivity contribution < 1.29 is 9.15 Å². The molecule has 0 unspecified atom stereocenters. The Hall–Kier alpha value is -2.12. The molecule has 23 heavy (non-hydrogen) atoms. The van der Waals surface area contributed by atoms with E-state index in [1.165, 1.54) is 16.4 Å². The fourth-order valence-corrected chi connectivity index (χ4v) is 3.21. The number of aromatic nitrogens is 3. The van der Waals surface area contributed by atoms with Crippen LogP contribution in [-0.4, -0.2) is 22.0 Å². The highest BCUT2D eigenvalue weighted by Gasteiger charge is 2.16. The number of rotatable bonds is 5. The molecule has 3 aromatic rings. The highest BCUT2D eigenvalue weighted by Crippen LogP contribution is 2.30. The molecule has 0 fully saturated rings. The van der Waals surface area contributed by atoms with Crippen LogP contribution in [0.3, 0.4) is 0 Å². The number of nitrogens with two attached hydrogens (primary N) is 1. The summed E-state index contributed by atoms with van der Waals surface area (Å²) in [5.41, 5.74) is 1.79. The molecule has 2 aromatic heterocycles. The van der Waals surface area contributed by atoms with Gasteiger partial charge in [-0.2, -0.15) is 0 Å². The first-order valence-corrected chi connectivity index (χ1v) is 8.16. The van der Waals surface area contributed by atoms with Crippen LogP contribution in [0.25, 0.3) is 11.4 Å². The lowest BCUT2D eigenvalue weighted by molar-refractivity contribution is 0.411. The molecule has 0 amide bonds. The molecule has 0 radical (unpaired) electrons. The molecule has 8 heteroatoms. The normalized spacial score (nSPS) is 10.9. The monoisotopic (exact) mass is 350 g/mol. The number of hydrogen-bond acceptors (Lipinski definition) is 6. The van der Waals surface area contributed by atoms with E-state index in [9.17, 15) is 0 Å². The molecular formula is C15H15ClN4O2S. The molecule has 0 aliphatic heterocycles. The lowest BCUT2D eigenvalue weighted by atomic mass is 10.2.